The van der Waals surface area contributed by atoms with Gasteiger partial charge in [0.2, 0.25) is 0 Å². The molecule has 4 atom stereocenters. The highest BCUT2D eigenvalue weighted by atomic mass is 19.4. The van der Waals surface area contributed by atoms with Crippen LogP contribution in [0.15, 0.2) is 12.1 Å². The maximum absolute atomic E-state index is 12.1. The second kappa shape index (κ2) is 2.99. The van der Waals surface area contributed by atoms with Gasteiger partial charge in [-0.1, -0.05) is 12.1 Å². The zero-order chi connectivity index (χ0) is 13.1. The number of nitrogens with zero attached hydrogens (tertiary/aromatic N) is 1. The molecule has 0 saturated heterocycles. The van der Waals surface area contributed by atoms with E-state index < -0.39 is 36.1 Å². The van der Waals surface area contributed by atoms with Crippen molar-refractivity contribution < 1.29 is 20.6 Å². The topological polar surface area (TPSA) is 33.0 Å². The number of allylic oxidation sites excluding steroid dienone is 1. The fraction of sp³-hybridized carbons (Fsp3) is 0.700. The normalized spacial score (nSPS) is 49.9. The van der Waals surface area contributed by atoms with Crippen molar-refractivity contribution in [1.82, 2.24) is 0 Å². The summed E-state index contributed by atoms with van der Waals surface area (Å²) in [6, 6.07) is 1.73. The molecular weight excluding hydrogens is 207 g/mol. The van der Waals surface area contributed by atoms with Gasteiger partial charge in [0, 0.05) is 13.2 Å². The number of hydrogen-bond donors (Lipinski definition) is 0. The fourth-order valence-corrected chi connectivity index (χ4v) is 1.91. The molecule has 1 saturated carbocycles. The summed E-state index contributed by atoms with van der Waals surface area (Å²) < 4.78 is 56.5. The fourth-order valence-electron chi connectivity index (χ4n) is 1.91. The summed E-state index contributed by atoms with van der Waals surface area (Å²) in [5.74, 6) is -2.80. The zero-order valence-corrected chi connectivity index (χ0v) is 7.93. The Hall–Kier alpha value is -1.02. The van der Waals surface area contributed by atoms with E-state index in [0.717, 1.165) is 0 Å². The molecule has 0 spiro atoms. The third-order valence-electron chi connectivity index (χ3n) is 2.72. The first-order valence-electron chi connectivity index (χ1n) is 5.45. The zero-order valence-electron chi connectivity index (χ0n) is 9.93. The standard InChI is InChI=1S/C10H10F3NO/c1-9(15-5-10(11,12)13)3-2-6-7(4-14)8(6)9/h2-3,6-8H,5H2,1H3/t6-,7-,8-,9+/m1/s1/i2D,6D. The van der Waals surface area contributed by atoms with Crippen LogP contribution in [-0.2, 0) is 4.74 Å². The van der Waals surface area contributed by atoms with E-state index in [4.69, 9.17) is 12.7 Å². The van der Waals surface area contributed by atoms with Crippen molar-refractivity contribution in [1.29, 1.82) is 5.26 Å². The quantitative estimate of drug-likeness (QED) is 0.667. The van der Waals surface area contributed by atoms with Crippen LogP contribution in [0.4, 0.5) is 13.2 Å². The molecule has 0 aliphatic heterocycles. The first kappa shape index (κ1) is 8.17. The van der Waals surface area contributed by atoms with Crippen LogP contribution in [0.2, 0.25) is 0 Å². The van der Waals surface area contributed by atoms with E-state index in [2.05, 4.69) is 0 Å². The highest BCUT2D eigenvalue weighted by Gasteiger charge is 2.62. The van der Waals surface area contributed by atoms with E-state index in [9.17, 15) is 13.2 Å². The Balaban J connectivity index is 2.16. The van der Waals surface area contributed by atoms with Crippen molar-refractivity contribution in [3.8, 4) is 6.07 Å². The Morgan fingerprint density at radius 1 is 1.73 bits per heavy atom. The predicted molar refractivity (Wildman–Crippen MR) is 45.6 cm³/mol. The van der Waals surface area contributed by atoms with Gasteiger partial charge >= 0.3 is 6.18 Å². The minimum Gasteiger partial charge on any atom is -0.361 e. The van der Waals surface area contributed by atoms with Crippen molar-refractivity contribution >= 4 is 0 Å². The van der Waals surface area contributed by atoms with Crippen molar-refractivity contribution in [2.75, 3.05) is 6.61 Å². The minimum atomic E-state index is -4.46. The molecule has 1 fully saturated rings. The summed E-state index contributed by atoms with van der Waals surface area (Å²) in [4.78, 5) is 0. The lowest BCUT2D eigenvalue weighted by molar-refractivity contribution is -0.197. The minimum absolute atomic E-state index is 0.126. The maximum atomic E-state index is 12.1. The highest BCUT2D eigenvalue weighted by molar-refractivity contribution is 5.32. The number of halogens is 3. The van der Waals surface area contributed by atoms with Gasteiger partial charge in [-0.25, -0.2) is 0 Å². The molecule has 0 unspecified atom stereocenters. The van der Waals surface area contributed by atoms with Crippen LogP contribution >= 0.6 is 0 Å². The van der Waals surface area contributed by atoms with Gasteiger partial charge in [-0.05, 0) is 6.92 Å². The van der Waals surface area contributed by atoms with Crippen LogP contribution in [-0.4, -0.2) is 18.4 Å². The Morgan fingerprint density at radius 3 is 2.87 bits per heavy atom. The average Bonchev–Trinajstić information content (AvgIpc) is 2.76. The molecule has 15 heavy (non-hydrogen) atoms. The molecule has 2 aliphatic carbocycles. The van der Waals surface area contributed by atoms with Crippen molar-refractivity contribution in [2.45, 2.75) is 18.7 Å². The third-order valence-corrected chi connectivity index (χ3v) is 2.72. The van der Waals surface area contributed by atoms with Gasteiger partial charge in [0.05, 0.1) is 19.0 Å². The number of nitriles is 1. The lowest BCUT2D eigenvalue weighted by Crippen LogP contribution is -2.33. The van der Waals surface area contributed by atoms with Crippen molar-refractivity contribution in [2.24, 2.45) is 17.7 Å². The number of hydrogen-bond acceptors (Lipinski definition) is 2. The Bertz CT molecular complexity index is 430. The van der Waals surface area contributed by atoms with E-state index in [1.807, 2.05) is 6.07 Å². The molecule has 0 bridgehead atoms. The molecule has 2 aliphatic rings. The first-order valence-corrected chi connectivity index (χ1v) is 4.45. The van der Waals surface area contributed by atoms with Crippen LogP contribution in [0.3, 0.4) is 0 Å². The second-order valence-electron chi connectivity index (χ2n) is 3.92. The van der Waals surface area contributed by atoms with Gasteiger partial charge in [0.25, 0.3) is 0 Å². The summed E-state index contributed by atoms with van der Waals surface area (Å²) >= 11 is 0. The van der Waals surface area contributed by atoms with Crippen molar-refractivity contribution in [3.05, 3.63) is 12.1 Å². The van der Waals surface area contributed by atoms with Crippen LogP contribution in [0.1, 0.15) is 9.67 Å². The molecule has 0 aromatic carbocycles. The van der Waals surface area contributed by atoms with Crippen LogP contribution in [0, 0.1) is 29.1 Å². The highest BCUT2D eigenvalue weighted by Crippen LogP contribution is 2.59. The number of ether oxygens (including phenoxy) is 1. The summed E-state index contributed by atoms with van der Waals surface area (Å²) in [7, 11) is 0. The molecule has 0 aromatic rings. The number of rotatable bonds is 2. The molecule has 0 radical (unpaired) electrons. The second-order valence-corrected chi connectivity index (χ2v) is 3.92. The molecule has 0 amide bonds. The van der Waals surface area contributed by atoms with Gasteiger partial charge in [0.1, 0.15) is 6.61 Å². The lowest BCUT2D eigenvalue weighted by atomic mass is 10.0. The Labute approximate surface area is 88.1 Å². The molecule has 82 valence electrons. The largest absolute Gasteiger partial charge is 0.411 e. The molecule has 2 rings (SSSR count). The molecule has 0 heterocycles. The smallest absolute Gasteiger partial charge is 0.361 e. The van der Waals surface area contributed by atoms with Crippen molar-refractivity contribution in [3.63, 3.8) is 0 Å². The Kier molecular flexibility index (Phi) is 1.63. The van der Waals surface area contributed by atoms with E-state index >= 15 is 0 Å². The summed E-state index contributed by atoms with van der Waals surface area (Å²) in [5.41, 5.74) is -1.34. The SMILES string of the molecule is [2H]C1=C[C@](C)(OCC(F)(F)F)[C@H]2[C@H](C#N)[C@@]12[2H]. The van der Waals surface area contributed by atoms with E-state index in [1.54, 1.807) is 0 Å². The Morgan fingerprint density at radius 2 is 2.40 bits per heavy atom. The molecule has 2 nitrogen and oxygen atoms in total. The number of alkyl halides is 3. The van der Waals surface area contributed by atoms with Crippen LogP contribution in [0.25, 0.3) is 0 Å². The summed E-state index contributed by atoms with van der Waals surface area (Å²) in [5, 5.41) is 8.80. The maximum Gasteiger partial charge on any atom is 0.411 e. The monoisotopic (exact) mass is 219 g/mol. The predicted octanol–water partition coefficient (Wildman–Crippen LogP) is 2.28. The molecule has 0 N–H and O–H groups in total. The molecule has 5 heteroatoms. The summed E-state index contributed by atoms with van der Waals surface area (Å²) in [6.45, 7) is -0.0381. The van der Waals surface area contributed by atoms with Crippen LogP contribution < -0.4 is 0 Å². The first-order chi connectivity index (χ1) is 7.65. The third kappa shape index (κ3) is 1.74. The van der Waals surface area contributed by atoms with E-state index in [1.165, 1.54) is 13.0 Å². The lowest BCUT2D eigenvalue weighted by Gasteiger charge is -2.25. The van der Waals surface area contributed by atoms with Crippen LogP contribution in [0.5, 0.6) is 0 Å². The molecular formula is C10H10F3NO. The molecule has 0 aromatic heterocycles. The average molecular weight is 219 g/mol. The summed E-state index contributed by atoms with van der Waals surface area (Å²) in [6.07, 6.45) is -3.24. The van der Waals surface area contributed by atoms with Gasteiger partial charge in [-0.3, -0.25) is 0 Å². The number of fused-ring (bicyclic) bond motifs is 1. The van der Waals surface area contributed by atoms with Gasteiger partial charge in [-0.2, -0.15) is 18.4 Å². The van der Waals surface area contributed by atoms with E-state index in [0.29, 0.717) is 0 Å². The van der Waals surface area contributed by atoms with Gasteiger partial charge < -0.3 is 4.74 Å². The van der Waals surface area contributed by atoms with Gasteiger partial charge in [-0.15, -0.1) is 0 Å². The van der Waals surface area contributed by atoms with E-state index in [-0.39, 0.29) is 6.05 Å². The van der Waals surface area contributed by atoms with Gasteiger partial charge in [0.15, 0.2) is 0 Å².